The number of nitrogens with one attached hydrogen (secondary N) is 1. The normalized spacial score (nSPS) is 19.5. The molecule has 6 heteroatoms. The Labute approximate surface area is 99.8 Å². The van der Waals surface area contributed by atoms with Gasteiger partial charge in [0.2, 0.25) is 0 Å². The number of nitrogens with zero attached hydrogens (tertiary/aromatic N) is 2. The number of nitrogens with two attached hydrogens (primary N) is 1. The van der Waals surface area contributed by atoms with Gasteiger partial charge in [-0.1, -0.05) is 0 Å². The molecule has 3 N–H and O–H groups in total. The van der Waals surface area contributed by atoms with Crippen molar-refractivity contribution in [2.45, 2.75) is 25.5 Å². The Morgan fingerprint density at radius 2 is 2.53 bits per heavy atom. The summed E-state index contributed by atoms with van der Waals surface area (Å²) in [7, 11) is 0. The van der Waals surface area contributed by atoms with Gasteiger partial charge in [0.15, 0.2) is 0 Å². The van der Waals surface area contributed by atoms with Crippen LogP contribution in [-0.4, -0.2) is 35.6 Å². The highest BCUT2D eigenvalue weighted by Crippen LogP contribution is 2.12. The average Bonchev–Trinajstić information content (AvgIpc) is 2.82. The van der Waals surface area contributed by atoms with Gasteiger partial charge in [0.05, 0.1) is 24.5 Å². The maximum absolute atomic E-state index is 11.8. The molecule has 0 aliphatic carbocycles. The van der Waals surface area contributed by atoms with Crippen LogP contribution in [-0.2, 0) is 11.3 Å². The van der Waals surface area contributed by atoms with Crippen molar-refractivity contribution in [2.24, 2.45) is 5.73 Å². The molecule has 0 bridgehead atoms. The number of hydrogen-bond donors (Lipinski definition) is 2. The van der Waals surface area contributed by atoms with E-state index in [2.05, 4.69) is 10.4 Å². The average molecular weight is 238 g/mol. The monoisotopic (exact) mass is 238 g/mol. The van der Waals surface area contributed by atoms with Crippen LogP contribution in [0.5, 0.6) is 0 Å². The van der Waals surface area contributed by atoms with E-state index in [1.54, 1.807) is 6.20 Å². The van der Waals surface area contributed by atoms with Gasteiger partial charge in [-0.3, -0.25) is 4.79 Å². The molecule has 1 atom stereocenters. The minimum absolute atomic E-state index is 0.109. The smallest absolute Gasteiger partial charge is 0.268 e. The maximum atomic E-state index is 11.8. The van der Waals surface area contributed by atoms with Crippen molar-refractivity contribution in [1.29, 1.82) is 0 Å². The largest absolute Gasteiger partial charge is 0.382 e. The molecule has 0 aromatic carbocycles. The SMILES string of the molecule is NCCNc1cnn(CC2CCCO2)c(=O)c1. The molecule has 0 radical (unpaired) electrons. The summed E-state index contributed by atoms with van der Waals surface area (Å²) >= 11 is 0. The number of aromatic nitrogens is 2. The van der Waals surface area contributed by atoms with Crippen LogP contribution in [0, 0.1) is 0 Å². The first-order chi connectivity index (χ1) is 8.29. The standard InChI is InChI=1S/C11H18N4O2/c12-3-4-13-9-6-11(16)15(14-7-9)8-10-2-1-5-17-10/h6-7,10,13H,1-5,8,12H2. The predicted molar refractivity (Wildman–Crippen MR) is 65.0 cm³/mol. The molecule has 0 saturated carbocycles. The van der Waals surface area contributed by atoms with Gasteiger partial charge in [-0.05, 0) is 12.8 Å². The Balaban J connectivity index is 2.00. The zero-order chi connectivity index (χ0) is 12.1. The quantitative estimate of drug-likeness (QED) is 0.742. The molecule has 0 amide bonds. The van der Waals surface area contributed by atoms with Gasteiger partial charge in [-0.2, -0.15) is 5.10 Å². The molecule has 2 rings (SSSR count). The summed E-state index contributed by atoms with van der Waals surface area (Å²) in [5, 5.41) is 7.14. The molecule has 94 valence electrons. The van der Waals surface area contributed by atoms with Gasteiger partial charge >= 0.3 is 0 Å². The predicted octanol–water partition coefficient (Wildman–Crippen LogP) is -0.207. The van der Waals surface area contributed by atoms with Gasteiger partial charge < -0.3 is 15.8 Å². The number of rotatable bonds is 5. The van der Waals surface area contributed by atoms with E-state index in [0.717, 1.165) is 19.4 Å². The molecule has 1 fully saturated rings. The maximum Gasteiger partial charge on any atom is 0.268 e. The van der Waals surface area contributed by atoms with Crippen molar-refractivity contribution in [3.05, 3.63) is 22.6 Å². The second-order valence-electron chi connectivity index (χ2n) is 4.12. The topological polar surface area (TPSA) is 82.2 Å². The first-order valence-corrected chi connectivity index (χ1v) is 5.92. The molecule has 6 nitrogen and oxygen atoms in total. The highest BCUT2D eigenvalue weighted by Gasteiger charge is 2.16. The summed E-state index contributed by atoms with van der Waals surface area (Å²) < 4.78 is 6.92. The Bertz CT molecular complexity index is 412. The highest BCUT2D eigenvalue weighted by atomic mass is 16.5. The van der Waals surface area contributed by atoms with Crippen molar-refractivity contribution < 1.29 is 4.74 Å². The molecule has 1 saturated heterocycles. The zero-order valence-electron chi connectivity index (χ0n) is 9.76. The molecule has 1 aliphatic heterocycles. The second kappa shape index (κ2) is 5.79. The number of anilines is 1. The zero-order valence-corrected chi connectivity index (χ0v) is 9.76. The summed E-state index contributed by atoms with van der Waals surface area (Å²) in [5.41, 5.74) is 5.97. The lowest BCUT2D eigenvalue weighted by molar-refractivity contribution is 0.0927. The first kappa shape index (κ1) is 12.1. The fourth-order valence-electron chi connectivity index (χ4n) is 1.87. The van der Waals surface area contributed by atoms with Crippen molar-refractivity contribution in [3.63, 3.8) is 0 Å². The van der Waals surface area contributed by atoms with Gasteiger partial charge in [0, 0.05) is 25.8 Å². The molecule has 1 aliphatic rings. The Morgan fingerprint density at radius 3 is 3.18 bits per heavy atom. The summed E-state index contributed by atoms with van der Waals surface area (Å²) in [6.07, 6.45) is 3.84. The fourth-order valence-corrected chi connectivity index (χ4v) is 1.87. The summed E-state index contributed by atoms with van der Waals surface area (Å²) in [6.45, 7) is 2.49. The van der Waals surface area contributed by atoms with Gasteiger partial charge in [-0.15, -0.1) is 0 Å². The van der Waals surface area contributed by atoms with Crippen molar-refractivity contribution in [2.75, 3.05) is 25.0 Å². The molecule has 2 heterocycles. The molecular formula is C11H18N4O2. The van der Waals surface area contributed by atoms with E-state index < -0.39 is 0 Å². The summed E-state index contributed by atoms with van der Waals surface area (Å²) in [6, 6.07) is 1.54. The van der Waals surface area contributed by atoms with E-state index in [1.807, 2.05) is 0 Å². The van der Waals surface area contributed by atoms with E-state index in [0.29, 0.717) is 25.3 Å². The van der Waals surface area contributed by atoms with Crippen LogP contribution in [0.4, 0.5) is 5.69 Å². The van der Waals surface area contributed by atoms with E-state index >= 15 is 0 Å². The third-order valence-corrected chi connectivity index (χ3v) is 2.74. The van der Waals surface area contributed by atoms with E-state index in [-0.39, 0.29) is 11.7 Å². The van der Waals surface area contributed by atoms with Crippen LogP contribution >= 0.6 is 0 Å². The van der Waals surface area contributed by atoms with E-state index in [1.165, 1.54) is 10.7 Å². The van der Waals surface area contributed by atoms with Crippen LogP contribution in [0.1, 0.15) is 12.8 Å². The van der Waals surface area contributed by atoms with Gasteiger partial charge in [0.1, 0.15) is 0 Å². The lowest BCUT2D eigenvalue weighted by atomic mass is 10.2. The van der Waals surface area contributed by atoms with Crippen LogP contribution in [0.2, 0.25) is 0 Å². The van der Waals surface area contributed by atoms with Crippen molar-refractivity contribution >= 4 is 5.69 Å². The van der Waals surface area contributed by atoms with Crippen LogP contribution < -0.4 is 16.6 Å². The van der Waals surface area contributed by atoms with Crippen LogP contribution in [0.15, 0.2) is 17.1 Å². The third-order valence-electron chi connectivity index (χ3n) is 2.74. The first-order valence-electron chi connectivity index (χ1n) is 5.92. The number of ether oxygens (including phenoxy) is 1. The van der Waals surface area contributed by atoms with Crippen molar-refractivity contribution in [1.82, 2.24) is 9.78 Å². The lowest BCUT2D eigenvalue weighted by Gasteiger charge is -2.11. The lowest BCUT2D eigenvalue weighted by Crippen LogP contribution is -2.28. The molecule has 1 unspecified atom stereocenters. The van der Waals surface area contributed by atoms with E-state index in [4.69, 9.17) is 10.5 Å². The Morgan fingerprint density at radius 1 is 1.65 bits per heavy atom. The fraction of sp³-hybridized carbons (Fsp3) is 0.636. The van der Waals surface area contributed by atoms with Crippen molar-refractivity contribution in [3.8, 4) is 0 Å². The second-order valence-corrected chi connectivity index (χ2v) is 4.12. The summed E-state index contributed by atoms with van der Waals surface area (Å²) in [5.74, 6) is 0. The molecule has 1 aromatic heterocycles. The van der Waals surface area contributed by atoms with Gasteiger partial charge in [0.25, 0.3) is 5.56 Å². The van der Waals surface area contributed by atoms with E-state index in [9.17, 15) is 4.79 Å². The highest BCUT2D eigenvalue weighted by molar-refractivity contribution is 5.38. The summed E-state index contributed by atoms with van der Waals surface area (Å²) in [4.78, 5) is 11.8. The Kier molecular flexibility index (Phi) is 4.11. The number of hydrogen-bond acceptors (Lipinski definition) is 5. The van der Waals surface area contributed by atoms with Crippen LogP contribution in [0.3, 0.4) is 0 Å². The minimum Gasteiger partial charge on any atom is -0.382 e. The minimum atomic E-state index is -0.109. The molecule has 0 spiro atoms. The Hall–Kier alpha value is -1.40. The van der Waals surface area contributed by atoms with Crippen LogP contribution in [0.25, 0.3) is 0 Å². The molecular weight excluding hydrogens is 220 g/mol. The van der Waals surface area contributed by atoms with Gasteiger partial charge in [-0.25, -0.2) is 4.68 Å². The molecule has 17 heavy (non-hydrogen) atoms. The third kappa shape index (κ3) is 3.28. The molecule has 1 aromatic rings.